The molecule has 1 aliphatic heterocycles. The summed E-state index contributed by atoms with van der Waals surface area (Å²) in [6.45, 7) is 3.18. The molecule has 1 aromatic heterocycles. The molecule has 1 aliphatic rings. The van der Waals surface area contributed by atoms with Crippen LogP contribution in [0.5, 0.6) is 0 Å². The Morgan fingerprint density at radius 1 is 1.50 bits per heavy atom. The quantitative estimate of drug-likeness (QED) is 0.664. The molecule has 1 aromatic rings. The standard InChI is InChI=1S/C8H9NO2S/c1-6-2-5-12-7(6)8-9-11-4-3-10-8/h2,5H,3-4H2,1H3. The zero-order chi connectivity index (χ0) is 8.39. The number of ether oxygens (including phenoxy) is 1. The topological polar surface area (TPSA) is 30.8 Å². The van der Waals surface area contributed by atoms with E-state index in [1.54, 1.807) is 11.3 Å². The summed E-state index contributed by atoms with van der Waals surface area (Å²) in [6, 6.07) is 2.04. The molecule has 2 rings (SSSR count). The van der Waals surface area contributed by atoms with Crippen molar-refractivity contribution < 1.29 is 9.57 Å². The summed E-state index contributed by atoms with van der Waals surface area (Å²) in [7, 11) is 0. The lowest BCUT2D eigenvalue weighted by atomic mass is 10.3. The van der Waals surface area contributed by atoms with Crippen molar-refractivity contribution in [3.05, 3.63) is 21.9 Å². The molecule has 0 aliphatic carbocycles. The monoisotopic (exact) mass is 183 g/mol. The average molecular weight is 183 g/mol. The van der Waals surface area contributed by atoms with Crippen LogP contribution in [0.2, 0.25) is 0 Å². The van der Waals surface area contributed by atoms with Crippen molar-refractivity contribution in [3.8, 4) is 0 Å². The Morgan fingerprint density at radius 3 is 3.00 bits per heavy atom. The maximum absolute atomic E-state index is 5.34. The van der Waals surface area contributed by atoms with E-state index in [9.17, 15) is 0 Å². The van der Waals surface area contributed by atoms with Gasteiger partial charge in [0.2, 0.25) is 0 Å². The lowest BCUT2D eigenvalue weighted by molar-refractivity contribution is 0.0658. The normalized spacial score (nSPS) is 16.2. The van der Waals surface area contributed by atoms with Crippen molar-refractivity contribution >= 4 is 17.2 Å². The summed E-state index contributed by atoms with van der Waals surface area (Å²) in [6.07, 6.45) is 0. The van der Waals surface area contributed by atoms with E-state index < -0.39 is 0 Å². The summed E-state index contributed by atoms with van der Waals surface area (Å²) in [5.74, 6) is 0.619. The molecular weight excluding hydrogens is 174 g/mol. The minimum Gasteiger partial charge on any atom is -0.471 e. The first-order valence-electron chi connectivity index (χ1n) is 3.75. The predicted octanol–water partition coefficient (Wildman–Crippen LogP) is 1.76. The molecule has 0 bridgehead atoms. The van der Waals surface area contributed by atoms with E-state index in [-0.39, 0.29) is 0 Å². The highest BCUT2D eigenvalue weighted by Gasteiger charge is 2.13. The van der Waals surface area contributed by atoms with Gasteiger partial charge in [0, 0.05) is 0 Å². The van der Waals surface area contributed by atoms with Gasteiger partial charge in [-0.25, -0.2) is 0 Å². The molecule has 4 heteroatoms. The van der Waals surface area contributed by atoms with Gasteiger partial charge < -0.3 is 9.57 Å². The SMILES string of the molecule is Cc1ccsc1C1=NOCCO1. The van der Waals surface area contributed by atoms with E-state index in [2.05, 4.69) is 5.16 Å². The Hall–Kier alpha value is -1.03. The highest BCUT2D eigenvalue weighted by atomic mass is 32.1. The number of rotatable bonds is 1. The molecule has 0 N–H and O–H groups in total. The molecule has 12 heavy (non-hydrogen) atoms. The van der Waals surface area contributed by atoms with Crippen LogP contribution in [0.3, 0.4) is 0 Å². The first-order chi connectivity index (χ1) is 5.88. The van der Waals surface area contributed by atoms with Crippen molar-refractivity contribution in [2.75, 3.05) is 13.2 Å². The minimum absolute atomic E-state index is 0.550. The maximum atomic E-state index is 5.34. The predicted molar refractivity (Wildman–Crippen MR) is 47.5 cm³/mol. The second kappa shape index (κ2) is 3.15. The highest BCUT2D eigenvalue weighted by Crippen LogP contribution is 2.18. The first-order valence-corrected chi connectivity index (χ1v) is 4.63. The van der Waals surface area contributed by atoms with Crippen molar-refractivity contribution in [1.29, 1.82) is 0 Å². The molecule has 0 fully saturated rings. The molecule has 64 valence electrons. The van der Waals surface area contributed by atoms with Gasteiger partial charge in [0.05, 0.1) is 4.88 Å². The summed E-state index contributed by atoms with van der Waals surface area (Å²) in [5, 5.41) is 5.86. The Bertz CT molecular complexity index is 306. The molecule has 0 aromatic carbocycles. The molecule has 3 nitrogen and oxygen atoms in total. The second-order valence-electron chi connectivity index (χ2n) is 2.51. The highest BCUT2D eigenvalue weighted by molar-refractivity contribution is 7.12. The first kappa shape index (κ1) is 7.61. The van der Waals surface area contributed by atoms with E-state index >= 15 is 0 Å². The van der Waals surface area contributed by atoms with E-state index in [0.717, 1.165) is 4.88 Å². The van der Waals surface area contributed by atoms with Crippen LogP contribution in [0, 0.1) is 6.92 Å². The largest absolute Gasteiger partial charge is 0.471 e. The van der Waals surface area contributed by atoms with Gasteiger partial charge in [0.15, 0.2) is 6.61 Å². The molecule has 2 heterocycles. The van der Waals surface area contributed by atoms with Crippen LogP contribution in [0.15, 0.2) is 16.6 Å². The van der Waals surface area contributed by atoms with Crippen molar-refractivity contribution in [1.82, 2.24) is 0 Å². The lowest BCUT2D eigenvalue weighted by Gasteiger charge is -2.12. The number of thiophene rings is 1. The van der Waals surface area contributed by atoms with Gasteiger partial charge >= 0.3 is 0 Å². The Balaban J connectivity index is 2.29. The summed E-state index contributed by atoms with van der Waals surface area (Å²) in [5.41, 5.74) is 1.18. The van der Waals surface area contributed by atoms with E-state index in [4.69, 9.17) is 9.57 Å². The average Bonchev–Trinajstić information content (AvgIpc) is 2.53. The molecule has 0 atom stereocenters. The Kier molecular flexibility index (Phi) is 1.99. The number of oxime groups is 1. The Labute approximate surface area is 74.6 Å². The lowest BCUT2D eigenvalue weighted by Crippen LogP contribution is -2.16. The number of hydrogen-bond donors (Lipinski definition) is 0. The molecule has 0 unspecified atom stereocenters. The van der Waals surface area contributed by atoms with Crippen molar-refractivity contribution in [2.24, 2.45) is 5.16 Å². The van der Waals surface area contributed by atoms with Gasteiger partial charge in [-0.15, -0.1) is 11.3 Å². The molecule has 0 saturated heterocycles. The third-order valence-electron chi connectivity index (χ3n) is 1.62. The van der Waals surface area contributed by atoms with Crippen LogP contribution in [-0.2, 0) is 9.57 Å². The van der Waals surface area contributed by atoms with Crippen LogP contribution in [0.25, 0.3) is 0 Å². The van der Waals surface area contributed by atoms with Crippen molar-refractivity contribution in [3.63, 3.8) is 0 Å². The van der Waals surface area contributed by atoms with Gasteiger partial charge in [-0.05, 0) is 29.1 Å². The number of nitrogens with zero attached hydrogens (tertiary/aromatic N) is 1. The van der Waals surface area contributed by atoms with Crippen LogP contribution in [0.1, 0.15) is 10.4 Å². The fourth-order valence-electron chi connectivity index (χ4n) is 1.01. The van der Waals surface area contributed by atoms with E-state index in [1.807, 2.05) is 18.4 Å². The van der Waals surface area contributed by atoms with Crippen LogP contribution >= 0.6 is 11.3 Å². The van der Waals surface area contributed by atoms with Crippen molar-refractivity contribution in [2.45, 2.75) is 6.92 Å². The van der Waals surface area contributed by atoms with E-state index in [1.165, 1.54) is 5.56 Å². The van der Waals surface area contributed by atoms with Gasteiger partial charge in [-0.2, -0.15) is 0 Å². The molecule has 0 amide bonds. The smallest absolute Gasteiger partial charge is 0.268 e. The molecule has 0 radical (unpaired) electrons. The van der Waals surface area contributed by atoms with Gasteiger partial charge in [0.1, 0.15) is 6.61 Å². The van der Waals surface area contributed by atoms with Crippen LogP contribution < -0.4 is 0 Å². The zero-order valence-corrected chi connectivity index (χ0v) is 7.56. The summed E-state index contributed by atoms with van der Waals surface area (Å²) < 4.78 is 5.34. The summed E-state index contributed by atoms with van der Waals surface area (Å²) >= 11 is 1.62. The molecule has 0 saturated carbocycles. The fourth-order valence-corrected chi connectivity index (χ4v) is 1.86. The summed E-state index contributed by atoms with van der Waals surface area (Å²) in [4.78, 5) is 6.00. The fraction of sp³-hybridized carbons (Fsp3) is 0.375. The number of hydrogen-bond acceptors (Lipinski definition) is 4. The van der Waals surface area contributed by atoms with E-state index in [0.29, 0.717) is 19.1 Å². The van der Waals surface area contributed by atoms with Gasteiger partial charge in [-0.3, -0.25) is 0 Å². The third kappa shape index (κ3) is 1.30. The third-order valence-corrected chi connectivity index (χ3v) is 2.62. The van der Waals surface area contributed by atoms with Gasteiger partial charge in [0.25, 0.3) is 5.90 Å². The maximum Gasteiger partial charge on any atom is 0.268 e. The zero-order valence-electron chi connectivity index (χ0n) is 6.74. The number of aryl methyl sites for hydroxylation is 1. The molecule has 0 spiro atoms. The van der Waals surface area contributed by atoms with Gasteiger partial charge in [-0.1, -0.05) is 0 Å². The van der Waals surface area contributed by atoms with Crippen LogP contribution in [-0.4, -0.2) is 19.1 Å². The minimum atomic E-state index is 0.550. The Morgan fingerprint density at radius 2 is 2.42 bits per heavy atom. The molecular formula is C8H9NO2S. The van der Waals surface area contributed by atoms with Crippen LogP contribution in [0.4, 0.5) is 0 Å². The second-order valence-corrected chi connectivity index (χ2v) is 3.43.